The highest BCUT2D eigenvalue weighted by molar-refractivity contribution is 6.76. The number of aryl methyl sites for hydroxylation is 1. The molecule has 0 saturated carbocycles. The molecular formula is C21H27N7O4Si. The molecule has 0 saturated heterocycles. The minimum absolute atomic E-state index is 0.149. The third-order valence-electron chi connectivity index (χ3n) is 4.98. The summed E-state index contributed by atoms with van der Waals surface area (Å²) in [6.07, 6.45) is 2.31. The number of rotatable bonds is 9. The van der Waals surface area contributed by atoms with Crippen molar-refractivity contribution in [1.29, 1.82) is 0 Å². The normalized spacial score (nSPS) is 11.9. The van der Waals surface area contributed by atoms with E-state index in [1.165, 1.54) is 4.57 Å². The summed E-state index contributed by atoms with van der Waals surface area (Å²) in [5, 5.41) is 6.95. The Bertz CT molecular complexity index is 1320. The van der Waals surface area contributed by atoms with E-state index in [0.717, 1.165) is 11.7 Å². The van der Waals surface area contributed by atoms with Gasteiger partial charge in [-0.05, 0) is 29.8 Å². The number of aromatic nitrogens is 5. The molecule has 0 fully saturated rings. The van der Waals surface area contributed by atoms with Crippen LogP contribution < -0.4 is 16.8 Å². The number of nitrogens with one attached hydrogen (secondary N) is 1. The van der Waals surface area contributed by atoms with E-state index in [2.05, 4.69) is 45.1 Å². The minimum atomic E-state index is -1.20. The lowest BCUT2D eigenvalue weighted by Gasteiger charge is -2.15. The summed E-state index contributed by atoms with van der Waals surface area (Å²) in [6.45, 7) is 9.57. The van der Waals surface area contributed by atoms with Gasteiger partial charge in [0.05, 0.1) is 17.4 Å². The van der Waals surface area contributed by atoms with E-state index in [9.17, 15) is 4.79 Å². The third-order valence-corrected chi connectivity index (χ3v) is 6.69. The molecule has 0 spiro atoms. The molecule has 12 heteroatoms. The Labute approximate surface area is 191 Å². The number of nitrogens with zero attached hydrogens (tertiary/aromatic N) is 5. The Morgan fingerprint density at radius 1 is 1.24 bits per heavy atom. The number of nitrogen functional groups attached to an aromatic ring is 1. The lowest BCUT2D eigenvalue weighted by atomic mass is 10.3. The number of hydrogen-bond donors (Lipinski definition) is 2. The molecule has 0 aliphatic heterocycles. The van der Waals surface area contributed by atoms with Gasteiger partial charge in [0.2, 0.25) is 0 Å². The highest BCUT2D eigenvalue weighted by Crippen LogP contribution is 2.25. The largest absolute Gasteiger partial charge is 0.421 e. The van der Waals surface area contributed by atoms with Crippen LogP contribution in [0.3, 0.4) is 0 Å². The van der Waals surface area contributed by atoms with Crippen molar-refractivity contribution in [2.24, 2.45) is 0 Å². The van der Waals surface area contributed by atoms with Gasteiger partial charge in [-0.1, -0.05) is 26.6 Å². The van der Waals surface area contributed by atoms with E-state index in [4.69, 9.17) is 19.4 Å². The summed E-state index contributed by atoms with van der Waals surface area (Å²) in [4.78, 5) is 25.1. The van der Waals surface area contributed by atoms with Crippen LogP contribution in [0.15, 0.2) is 38.1 Å². The average Bonchev–Trinajstić information content (AvgIpc) is 3.34. The molecule has 3 aromatic heterocycles. The van der Waals surface area contributed by atoms with Crippen molar-refractivity contribution in [2.75, 3.05) is 17.7 Å². The van der Waals surface area contributed by atoms with Gasteiger partial charge in [-0.3, -0.25) is 0 Å². The van der Waals surface area contributed by atoms with Gasteiger partial charge in [0.25, 0.3) is 11.8 Å². The molecule has 4 rings (SSSR count). The summed E-state index contributed by atoms with van der Waals surface area (Å²) >= 11 is 0. The molecule has 0 radical (unpaired) electrons. The predicted octanol–water partition coefficient (Wildman–Crippen LogP) is 3.64. The van der Waals surface area contributed by atoms with Crippen LogP contribution in [0.25, 0.3) is 22.7 Å². The maximum Gasteiger partial charge on any atom is 0.421 e. The molecule has 0 bridgehead atoms. The second-order valence-electron chi connectivity index (χ2n) is 8.82. The van der Waals surface area contributed by atoms with Crippen molar-refractivity contribution in [3.05, 3.63) is 40.6 Å². The number of oxazole rings is 1. The first kappa shape index (κ1) is 22.7. The van der Waals surface area contributed by atoms with Crippen LogP contribution in [0.4, 0.5) is 17.5 Å². The number of nitrogens with two attached hydrogens (primary N) is 1. The van der Waals surface area contributed by atoms with Crippen LogP contribution in [0, 0.1) is 0 Å². The van der Waals surface area contributed by atoms with Crippen molar-refractivity contribution < 1.29 is 13.7 Å². The number of fused-ring (bicyclic) bond motifs is 1. The molecular weight excluding hydrogens is 442 g/mol. The maximum absolute atomic E-state index is 12.3. The third kappa shape index (κ3) is 5.29. The minimum Gasteiger partial charge on any atom is -0.408 e. The van der Waals surface area contributed by atoms with E-state index in [-0.39, 0.29) is 24.4 Å². The Kier molecular flexibility index (Phi) is 6.29. The Hall–Kier alpha value is -3.51. The van der Waals surface area contributed by atoms with Crippen LogP contribution in [0.5, 0.6) is 0 Å². The molecule has 4 aromatic rings. The maximum atomic E-state index is 12.3. The van der Waals surface area contributed by atoms with Gasteiger partial charge in [-0.25, -0.2) is 19.3 Å². The van der Waals surface area contributed by atoms with E-state index in [1.54, 1.807) is 24.4 Å². The standard InChI is InChI=1S/C21H27N7O4Si/c1-5-13-11-23-18(22)17(24-13)19-26-20(27-32-19)25-14-6-7-15-16(10-14)31-21(29)28(15)12-30-8-9-33(2,3)4/h6-7,10-11H,5,8-9,12H2,1-4H3,(H2,22,23)(H,25,27). The molecule has 0 atom stereocenters. The number of benzene rings is 1. The highest BCUT2D eigenvalue weighted by Gasteiger charge is 2.17. The molecule has 0 unspecified atom stereocenters. The second-order valence-corrected chi connectivity index (χ2v) is 14.4. The summed E-state index contributed by atoms with van der Waals surface area (Å²) < 4.78 is 17.9. The molecule has 0 aliphatic rings. The zero-order chi connectivity index (χ0) is 23.6. The molecule has 1 aromatic carbocycles. The van der Waals surface area contributed by atoms with E-state index < -0.39 is 13.8 Å². The molecule has 3 N–H and O–H groups in total. The summed E-state index contributed by atoms with van der Waals surface area (Å²) in [5.41, 5.74) is 8.70. The lowest BCUT2D eigenvalue weighted by Crippen LogP contribution is -2.23. The van der Waals surface area contributed by atoms with Crippen molar-refractivity contribution in [2.45, 2.75) is 45.8 Å². The fourth-order valence-corrected chi connectivity index (χ4v) is 3.82. The number of anilines is 3. The van der Waals surface area contributed by atoms with Gasteiger partial charge in [-0.15, -0.1) is 0 Å². The van der Waals surface area contributed by atoms with E-state index in [1.807, 2.05) is 6.92 Å². The van der Waals surface area contributed by atoms with Gasteiger partial charge < -0.3 is 24.7 Å². The van der Waals surface area contributed by atoms with Crippen LogP contribution in [-0.2, 0) is 17.9 Å². The van der Waals surface area contributed by atoms with E-state index >= 15 is 0 Å². The molecule has 0 aliphatic carbocycles. The molecule has 174 valence electrons. The number of ether oxygens (including phenoxy) is 1. The first-order valence-corrected chi connectivity index (χ1v) is 14.4. The Morgan fingerprint density at radius 2 is 2.06 bits per heavy atom. The fraction of sp³-hybridized carbons (Fsp3) is 0.381. The zero-order valence-electron chi connectivity index (χ0n) is 19.1. The molecule has 0 amide bonds. The van der Waals surface area contributed by atoms with Crippen molar-refractivity contribution in [3.8, 4) is 11.6 Å². The summed E-state index contributed by atoms with van der Waals surface area (Å²) in [7, 11) is -1.20. The van der Waals surface area contributed by atoms with Gasteiger partial charge in [0.15, 0.2) is 17.1 Å². The van der Waals surface area contributed by atoms with Gasteiger partial charge in [0.1, 0.15) is 6.73 Å². The van der Waals surface area contributed by atoms with Crippen LogP contribution in [0.2, 0.25) is 25.7 Å². The number of hydrogen-bond acceptors (Lipinski definition) is 10. The first-order chi connectivity index (χ1) is 15.7. The van der Waals surface area contributed by atoms with Crippen molar-refractivity contribution >= 4 is 36.6 Å². The highest BCUT2D eigenvalue weighted by atomic mass is 28.3. The monoisotopic (exact) mass is 469 g/mol. The molecule has 3 heterocycles. The van der Waals surface area contributed by atoms with Crippen molar-refractivity contribution in [3.63, 3.8) is 0 Å². The summed E-state index contributed by atoms with van der Waals surface area (Å²) in [6, 6.07) is 6.28. The smallest absolute Gasteiger partial charge is 0.408 e. The SMILES string of the molecule is CCc1cnc(N)c(-c2nc(Nc3ccc4c(c3)oc(=O)n4COCC[Si](C)(C)C)no2)n1. The summed E-state index contributed by atoms with van der Waals surface area (Å²) in [5.74, 6) is 0.108. The van der Waals surface area contributed by atoms with Crippen molar-refractivity contribution in [1.82, 2.24) is 24.7 Å². The molecule has 33 heavy (non-hydrogen) atoms. The Balaban J connectivity index is 1.49. The van der Waals surface area contributed by atoms with Gasteiger partial charge >= 0.3 is 5.76 Å². The lowest BCUT2D eigenvalue weighted by molar-refractivity contribution is 0.0850. The molecule has 11 nitrogen and oxygen atoms in total. The van der Waals surface area contributed by atoms with Crippen LogP contribution >= 0.6 is 0 Å². The Morgan fingerprint density at radius 3 is 2.82 bits per heavy atom. The quantitative estimate of drug-likeness (QED) is 0.275. The van der Waals surface area contributed by atoms with Crippen LogP contribution in [-0.4, -0.2) is 39.4 Å². The first-order valence-electron chi connectivity index (χ1n) is 10.7. The van der Waals surface area contributed by atoms with Crippen LogP contribution in [0.1, 0.15) is 12.6 Å². The van der Waals surface area contributed by atoms with Gasteiger partial charge in [-0.2, -0.15) is 4.98 Å². The average molecular weight is 470 g/mol. The second kappa shape index (κ2) is 9.15. The topological polar surface area (TPSA) is 147 Å². The zero-order valence-corrected chi connectivity index (χ0v) is 20.1. The fourth-order valence-electron chi connectivity index (χ4n) is 3.06. The van der Waals surface area contributed by atoms with Gasteiger partial charge in [0, 0.05) is 26.4 Å². The van der Waals surface area contributed by atoms with E-state index in [0.29, 0.717) is 35.5 Å². The predicted molar refractivity (Wildman–Crippen MR) is 127 cm³/mol.